The summed E-state index contributed by atoms with van der Waals surface area (Å²) in [6, 6.07) is 0. The van der Waals surface area contributed by atoms with E-state index in [2.05, 4.69) is 19.7 Å². The molecule has 0 aliphatic carbocycles. The molecule has 0 aromatic carbocycles. The maximum absolute atomic E-state index is 5.42. The van der Waals surface area contributed by atoms with Gasteiger partial charge < -0.3 is 13.9 Å². The van der Waals surface area contributed by atoms with Crippen LogP contribution in [-0.2, 0) is 24.8 Å². The monoisotopic (exact) mass is 219 g/mol. The molecule has 1 aliphatic heterocycles. The van der Waals surface area contributed by atoms with Crippen molar-refractivity contribution in [2.75, 3.05) is 13.2 Å². The summed E-state index contributed by atoms with van der Waals surface area (Å²) in [5, 5.41) is 8.41. The van der Waals surface area contributed by atoms with E-state index in [0.29, 0.717) is 6.61 Å². The van der Waals surface area contributed by atoms with Crippen LogP contribution >= 0.6 is 0 Å². The van der Waals surface area contributed by atoms with Crippen LogP contribution in [0.2, 0.25) is 0 Å². The lowest BCUT2D eigenvalue weighted by Gasteiger charge is -2.05. The van der Waals surface area contributed by atoms with Crippen LogP contribution in [0.3, 0.4) is 0 Å². The van der Waals surface area contributed by atoms with Crippen LogP contribution in [0.4, 0.5) is 0 Å². The first-order valence-electron chi connectivity index (χ1n) is 5.34. The molecule has 3 rings (SSSR count). The van der Waals surface area contributed by atoms with E-state index in [1.54, 1.807) is 6.20 Å². The molecule has 2 aromatic rings. The standard InChI is InChI=1S/C10H13N5O/c1-14-4-3-11-9(14)10-13-12-8-2-6-16-7-5-15(8)10/h3-4H,2,5-7H2,1H3. The SMILES string of the molecule is Cn1ccnc1-c1nnc2n1CCOCC2. The number of hydrogen-bond acceptors (Lipinski definition) is 4. The Bertz CT molecular complexity index is 501. The number of nitrogens with zero attached hydrogens (tertiary/aromatic N) is 5. The second-order valence-corrected chi connectivity index (χ2v) is 3.82. The minimum atomic E-state index is 0.711. The summed E-state index contributed by atoms with van der Waals surface area (Å²) in [6.07, 6.45) is 4.49. The number of hydrogen-bond donors (Lipinski definition) is 0. The summed E-state index contributed by atoms with van der Waals surface area (Å²) < 4.78 is 9.46. The van der Waals surface area contributed by atoms with Gasteiger partial charge in [0.15, 0.2) is 11.6 Å². The molecule has 1 aliphatic rings. The van der Waals surface area contributed by atoms with Gasteiger partial charge in [-0.3, -0.25) is 0 Å². The molecular weight excluding hydrogens is 206 g/mol. The molecule has 0 fully saturated rings. The Morgan fingerprint density at radius 3 is 3.00 bits per heavy atom. The van der Waals surface area contributed by atoms with Crippen LogP contribution in [0.25, 0.3) is 11.6 Å². The highest BCUT2D eigenvalue weighted by Crippen LogP contribution is 2.17. The predicted octanol–water partition coefficient (Wildman–Crippen LogP) is 0.251. The highest BCUT2D eigenvalue weighted by Gasteiger charge is 2.18. The Morgan fingerprint density at radius 1 is 1.25 bits per heavy atom. The molecule has 84 valence electrons. The highest BCUT2D eigenvalue weighted by atomic mass is 16.5. The minimum absolute atomic E-state index is 0.711. The lowest BCUT2D eigenvalue weighted by Crippen LogP contribution is -2.07. The van der Waals surface area contributed by atoms with Gasteiger partial charge in [0.25, 0.3) is 0 Å². The third kappa shape index (κ3) is 1.42. The van der Waals surface area contributed by atoms with Gasteiger partial charge in [-0.2, -0.15) is 0 Å². The van der Waals surface area contributed by atoms with E-state index >= 15 is 0 Å². The summed E-state index contributed by atoms with van der Waals surface area (Å²) in [7, 11) is 1.96. The third-order valence-corrected chi connectivity index (χ3v) is 2.78. The average Bonchev–Trinajstić information content (AvgIpc) is 2.78. The average molecular weight is 219 g/mol. The molecule has 0 spiro atoms. The van der Waals surface area contributed by atoms with Crippen LogP contribution < -0.4 is 0 Å². The van der Waals surface area contributed by atoms with Gasteiger partial charge in [-0.05, 0) is 0 Å². The lowest BCUT2D eigenvalue weighted by molar-refractivity contribution is 0.140. The molecule has 2 aromatic heterocycles. The molecule has 3 heterocycles. The summed E-state index contributed by atoms with van der Waals surface area (Å²) >= 11 is 0. The molecule has 6 heteroatoms. The Morgan fingerprint density at radius 2 is 2.19 bits per heavy atom. The Balaban J connectivity index is 2.09. The molecule has 0 radical (unpaired) electrons. The third-order valence-electron chi connectivity index (χ3n) is 2.78. The Hall–Kier alpha value is -1.69. The summed E-state index contributed by atoms with van der Waals surface area (Å²) in [4.78, 5) is 4.30. The normalized spacial score (nSPS) is 15.8. The van der Waals surface area contributed by atoms with Gasteiger partial charge in [-0.1, -0.05) is 0 Å². The molecule has 6 nitrogen and oxygen atoms in total. The maximum atomic E-state index is 5.42. The Kier molecular flexibility index (Phi) is 2.21. The zero-order chi connectivity index (χ0) is 11.0. The number of aromatic nitrogens is 5. The van der Waals surface area contributed by atoms with Crippen molar-refractivity contribution in [3.8, 4) is 11.6 Å². The molecule has 16 heavy (non-hydrogen) atoms. The molecule has 0 unspecified atom stereocenters. The first-order chi connectivity index (χ1) is 7.86. The second-order valence-electron chi connectivity index (χ2n) is 3.82. The van der Waals surface area contributed by atoms with Crippen molar-refractivity contribution in [3.63, 3.8) is 0 Å². The first kappa shape index (κ1) is 9.53. The number of rotatable bonds is 1. The molecule has 0 saturated heterocycles. The van der Waals surface area contributed by atoms with Crippen LogP contribution in [0.5, 0.6) is 0 Å². The van der Waals surface area contributed by atoms with Crippen LogP contribution in [0.1, 0.15) is 5.82 Å². The highest BCUT2D eigenvalue weighted by molar-refractivity contribution is 5.44. The fourth-order valence-corrected chi connectivity index (χ4v) is 1.92. The molecular formula is C10H13N5O. The van der Waals surface area contributed by atoms with Gasteiger partial charge in [-0.15, -0.1) is 10.2 Å². The number of imidazole rings is 1. The largest absolute Gasteiger partial charge is 0.379 e. The zero-order valence-electron chi connectivity index (χ0n) is 9.13. The fraction of sp³-hybridized carbons (Fsp3) is 0.500. The summed E-state index contributed by atoms with van der Waals surface area (Å²) in [5.41, 5.74) is 0. The lowest BCUT2D eigenvalue weighted by atomic mass is 10.4. The minimum Gasteiger partial charge on any atom is -0.379 e. The summed E-state index contributed by atoms with van der Waals surface area (Å²) in [5.74, 6) is 2.66. The van der Waals surface area contributed by atoms with Crippen LogP contribution in [0, 0.1) is 0 Å². The second kappa shape index (κ2) is 3.71. The summed E-state index contributed by atoms with van der Waals surface area (Å²) in [6.45, 7) is 2.23. The van der Waals surface area contributed by atoms with Crippen LogP contribution in [-0.4, -0.2) is 37.5 Å². The van der Waals surface area contributed by atoms with Gasteiger partial charge in [0, 0.05) is 32.4 Å². The smallest absolute Gasteiger partial charge is 0.200 e. The molecule has 0 N–H and O–H groups in total. The van der Waals surface area contributed by atoms with Gasteiger partial charge in [0.2, 0.25) is 0 Å². The van der Waals surface area contributed by atoms with E-state index in [1.165, 1.54) is 0 Å². The predicted molar refractivity (Wildman–Crippen MR) is 56.7 cm³/mol. The zero-order valence-corrected chi connectivity index (χ0v) is 9.13. The van der Waals surface area contributed by atoms with Crippen LogP contribution in [0.15, 0.2) is 12.4 Å². The van der Waals surface area contributed by atoms with Gasteiger partial charge in [-0.25, -0.2) is 4.98 Å². The van der Waals surface area contributed by atoms with Crippen molar-refractivity contribution in [3.05, 3.63) is 18.2 Å². The molecule has 0 bridgehead atoms. The van der Waals surface area contributed by atoms with E-state index in [-0.39, 0.29) is 0 Å². The van der Waals surface area contributed by atoms with Crippen molar-refractivity contribution in [2.45, 2.75) is 13.0 Å². The van der Waals surface area contributed by atoms with Gasteiger partial charge in [0.1, 0.15) is 5.82 Å². The van der Waals surface area contributed by atoms with E-state index in [0.717, 1.165) is 37.0 Å². The fourth-order valence-electron chi connectivity index (χ4n) is 1.92. The topological polar surface area (TPSA) is 57.8 Å². The van der Waals surface area contributed by atoms with E-state index in [1.807, 2.05) is 17.8 Å². The molecule has 0 atom stereocenters. The van der Waals surface area contributed by atoms with Crippen molar-refractivity contribution < 1.29 is 4.74 Å². The van der Waals surface area contributed by atoms with E-state index in [4.69, 9.17) is 4.74 Å². The van der Waals surface area contributed by atoms with Crippen molar-refractivity contribution in [1.82, 2.24) is 24.3 Å². The molecule has 0 amide bonds. The number of ether oxygens (including phenoxy) is 1. The number of fused-ring (bicyclic) bond motifs is 1. The van der Waals surface area contributed by atoms with Gasteiger partial charge in [0.05, 0.1) is 13.2 Å². The quantitative estimate of drug-likeness (QED) is 0.690. The Labute approximate surface area is 92.9 Å². The molecule has 0 saturated carbocycles. The van der Waals surface area contributed by atoms with Gasteiger partial charge >= 0.3 is 0 Å². The maximum Gasteiger partial charge on any atom is 0.200 e. The van der Waals surface area contributed by atoms with Crippen molar-refractivity contribution in [2.24, 2.45) is 7.05 Å². The first-order valence-corrected chi connectivity index (χ1v) is 5.34. The van der Waals surface area contributed by atoms with E-state index < -0.39 is 0 Å². The van der Waals surface area contributed by atoms with E-state index in [9.17, 15) is 0 Å². The number of aryl methyl sites for hydroxylation is 1. The van der Waals surface area contributed by atoms with Crippen molar-refractivity contribution >= 4 is 0 Å². The van der Waals surface area contributed by atoms with Crippen molar-refractivity contribution in [1.29, 1.82) is 0 Å².